The fourth-order valence-electron chi connectivity index (χ4n) is 8.24. The summed E-state index contributed by atoms with van der Waals surface area (Å²) >= 11 is 0. The standard InChI is InChI=1S/C42H59N7O11/c1-42(2,3)34(48-37(54)29(17-11-12-18-31(51)60-4)45-36(53)27-19-20-44-22-28(27)41(58)59)40(57)49-23-26(50)21-30(49)38(55)47-33(25-15-9-6-10-16-25)39(56)46-32(35(43)52)24-13-7-5-8-14-24/h12,18-20,22,24-25,29-30,32-34H,5-11,13-17,21,23H2,1-4H3,(H2,43,52)(H,45,53)(H,46,56)(H,47,55)(H,48,54)(H,58,59)/b18-12+/t29-,30-,32-,33-,34+/m0/s1. The van der Waals surface area contributed by atoms with Gasteiger partial charge in [-0.1, -0.05) is 65.4 Å². The number of Topliss-reactive ketones (excluding diaryl/α,β-unsaturated/α-hetero) is 1. The second kappa shape index (κ2) is 21.5. The van der Waals surface area contributed by atoms with Crippen molar-refractivity contribution >= 4 is 53.2 Å². The molecule has 1 aliphatic heterocycles. The third-order valence-electron chi connectivity index (χ3n) is 11.6. The summed E-state index contributed by atoms with van der Waals surface area (Å²) in [4.78, 5) is 124. The van der Waals surface area contributed by atoms with Crippen LogP contribution in [0.5, 0.6) is 0 Å². The lowest BCUT2D eigenvalue weighted by Gasteiger charge is -2.37. The molecular weight excluding hydrogens is 778 g/mol. The van der Waals surface area contributed by atoms with E-state index in [4.69, 9.17) is 5.73 Å². The first kappa shape index (κ1) is 47.0. The highest BCUT2D eigenvalue weighted by molar-refractivity contribution is 6.06. The monoisotopic (exact) mass is 837 g/mol. The molecule has 2 saturated carbocycles. The molecule has 0 unspecified atom stereocenters. The maximum Gasteiger partial charge on any atom is 0.338 e. The van der Waals surface area contributed by atoms with E-state index >= 15 is 0 Å². The van der Waals surface area contributed by atoms with Crippen LogP contribution >= 0.6 is 0 Å². The molecule has 5 atom stereocenters. The molecule has 18 nitrogen and oxygen atoms in total. The minimum atomic E-state index is -1.42. The first-order valence-electron chi connectivity index (χ1n) is 20.7. The number of allylic oxidation sites excluding steroid dienone is 1. The molecule has 1 saturated heterocycles. The Hall–Kier alpha value is -5.68. The van der Waals surface area contributed by atoms with E-state index in [9.17, 15) is 48.3 Å². The molecule has 0 spiro atoms. The molecule has 1 aromatic rings. The average molecular weight is 838 g/mol. The Bertz CT molecular complexity index is 1810. The number of ketones is 1. The lowest BCUT2D eigenvalue weighted by molar-refractivity contribution is -0.145. The molecule has 18 heteroatoms. The SMILES string of the molecule is COC(=O)/C=C/CC[C@H](NC(=O)c1ccncc1C(=O)O)C(=O)N[C@H](C(=O)N1CC(=O)C[C@H]1C(=O)N[C@H](C(=O)N[C@H](C(N)=O)C1CCCCC1)C1CCCCC1)C(C)(C)C. The van der Waals surface area contributed by atoms with E-state index < -0.39 is 101 Å². The highest BCUT2D eigenvalue weighted by Crippen LogP contribution is 2.30. The number of nitrogens with zero attached hydrogens (tertiary/aromatic N) is 2. The number of carbonyl (C=O) groups is 9. The van der Waals surface area contributed by atoms with Crippen LogP contribution in [-0.4, -0.2) is 112 Å². The second-order valence-electron chi connectivity index (χ2n) is 17.0. The maximum absolute atomic E-state index is 14.5. The van der Waals surface area contributed by atoms with Crippen LogP contribution in [0.15, 0.2) is 30.6 Å². The van der Waals surface area contributed by atoms with Crippen molar-refractivity contribution in [3.63, 3.8) is 0 Å². The van der Waals surface area contributed by atoms with Gasteiger partial charge in [-0.15, -0.1) is 0 Å². The summed E-state index contributed by atoms with van der Waals surface area (Å²) in [7, 11) is 1.19. The summed E-state index contributed by atoms with van der Waals surface area (Å²) in [5.41, 5.74) is 4.07. The lowest BCUT2D eigenvalue weighted by atomic mass is 9.81. The highest BCUT2D eigenvalue weighted by atomic mass is 16.5. The van der Waals surface area contributed by atoms with Gasteiger partial charge in [-0.2, -0.15) is 0 Å². The smallest absolute Gasteiger partial charge is 0.338 e. The normalized spacial score (nSPS) is 19.7. The van der Waals surface area contributed by atoms with E-state index in [-0.39, 0.29) is 36.7 Å². The van der Waals surface area contributed by atoms with Gasteiger partial charge >= 0.3 is 11.9 Å². The van der Waals surface area contributed by atoms with Gasteiger partial charge in [0.1, 0.15) is 30.2 Å². The molecule has 3 fully saturated rings. The van der Waals surface area contributed by atoms with Crippen LogP contribution in [0.1, 0.15) is 125 Å². The number of hydrogen-bond acceptors (Lipinski definition) is 11. The summed E-state index contributed by atoms with van der Waals surface area (Å²) in [5.74, 6) is -7.34. The molecule has 0 aromatic carbocycles. The summed E-state index contributed by atoms with van der Waals surface area (Å²) in [6.07, 6.45) is 12.6. The van der Waals surface area contributed by atoms with Crippen LogP contribution in [0, 0.1) is 17.3 Å². The summed E-state index contributed by atoms with van der Waals surface area (Å²) in [5, 5.41) is 20.5. The van der Waals surface area contributed by atoms with Crippen LogP contribution in [0.3, 0.4) is 0 Å². The number of carboxylic acid groups (broad SMARTS) is 1. The molecule has 4 rings (SSSR count). The Kier molecular flexibility index (Phi) is 16.9. The van der Waals surface area contributed by atoms with Crippen molar-refractivity contribution in [1.29, 1.82) is 0 Å². The van der Waals surface area contributed by atoms with Crippen LogP contribution in [0.2, 0.25) is 0 Å². The Labute approximate surface area is 349 Å². The zero-order chi connectivity index (χ0) is 44.1. The van der Waals surface area contributed by atoms with Crippen molar-refractivity contribution in [3.05, 3.63) is 41.7 Å². The number of ether oxygens (including phenoxy) is 1. The Morgan fingerprint density at radius 1 is 0.883 bits per heavy atom. The van der Waals surface area contributed by atoms with Crippen LogP contribution in [-0.2, 0) is 38.3 Å². The van der Waals surface area contributed by atoms with Gasteiger partial charge in [0, 0.05) is 24.9 Å². The minimum absolute atomic E-state index is 0.0726. The predicted molar refractivity (Wildman–Crippen MR) is 216 cm³/mol. The predicted octanol–water partition coefficient (Wildman–Crippen LogP) is 1.70. The number of hydrogen-bond donors (Lipinski definition) is 6. The second-order valence-corrected chi connectivity index (χ2v) is 17.0. The average Bonchev–Trinajstić information content (AvgIpc) is 3.63. The van der Waals surface area contributed by atoms with Gasteiger partial charge in [0.05, 0.1) is 24.8 Å². The fraction of sp³-hybridized carbons (Fsp3) is 0.619. The van der Waals surface area contributed by atoms with E-state index in [2.05, 4.69) is 31.0 Å². The molecule has 0 bridgehead atoms. The zero-order valence-corrected chi connectivity index (χ0v) is 34.8. The van der Waals surface area contributed by atoms with Crippen molar-refractivity contribution in [3.8, 4) is 0 Å². The van der Waals surface area contributed by atoms with E-state index in [1.54, 1.807) is 20.8 Å². The van der Waals surface area contributed by atoms with E-state index in [1.165, 1.54) is 25.4 Å². The maximum atomic E-state index is 14.5. The largest absolute Gasteiger partial charge is 0.478 e. The number of nitrogens with two attached hydrogens (primary N) is 1. The summed E-state index contributed by atoms with van der Waals surface area (Å²) < 4.78 is 4.60. The van der Waals surface area contributed by atoms with Gasteiger partial charge in [0.2, 0.25) is 29.5 Å². The lowest BCUT2D eigenvalue weighted by Crippen LogP contribution is -2.62. The molecule has 3 aliphatic rings. The van der Waals surface area contributed by atoms with Crippen molar-refractivity contribution < 1.29 is 53.0 Å². The summed E-state index contributed by atoms with van der Waals surface area (Å²) in [6, 6.07) is -4.83. The Balaban J connectivity index is 1.57. The number of primary amides is 1. The fourth-order valence-corrected chi connectivity index (χ4v) is 8.24. The number of rotatable bonds is 17. The van der Waals surface area contributed by atoms with Crippen molar-refractivity contribution in [2.75, 3.05) is 13.7 Å². The third kappa shape index (κ3) is 12.7. The van der Waals surface area contributed by atoms with Crippen LogP contribution < -0.4 is 27.0 Å². The van der Waals surface area contributed by atoms with Gasteiger partial charge in [0.15, 0.2) is 5.78 Å². The Morgan fingerprint density at radius 3 is 2.07 bits per heavy atom. The zero-order valence-electron chi connectivity index (χ0n) is 34.8. The van der Waals surface area contributed by atoms with Crippen LogP contribution in [0.25, 0.3) is 0 Å². The molecule has 1 aromatic heterocycles. The number of carbonyl (C=O) groups excluding carboxylic acids is 8. The van der Waals surface area contributed by atoms with Gasteiger partial charge < -0.3 is 41.7 Å². The molecule has 2 heterocycles. The molecule has 60 heavy (non-hydrogen) atoms. The van der Waals surface area contributed by atoms with Gasteiger partial charge in [-0.3, -0.25) is 38.5 Å². The number of methoxy groups -OCH3 is 1. The highest BCUT2D eigenvalue weighted by Gasteiger charge is 2.46. The van der Waals surface area contributed by atoms with Crippen LogP contribution in [0.4, 0.5) is 0 Å². The number of pyridine rings is 1. The summed E-state index contributed by atoms with van der Waals surface area (Å²) in [6.45, 7) is 4.55. The van der Waals surface area contributed by atoms with Crippen molar-refractivity contribution in [2.24, 2.45) is 23.0 Å². The van der Waals surface area contributed by atoms with Gasteiger partial charge in [-0.25, -0.2) is 9.59 Å². The number of aromatic carboxylic acids is 1. The molecule has 6 amide bonds. The molecule has 7 N–H and O–H groups in total. The quantitative estimate of drug-likeness (QED) is 0.0967. The number of amides is 6. The van der Waals surface area contributed by atoms with Crippen molar-refractivity contribution in [2.45, 2.75) is 134 Å². The van der Waals surface area contributed by atoms with E-state index in [1.807, 2.05) is 0 Å². The number of esters is 1. The molecule has 0 radical (unpaired) electrons. The minimum Gasteiger partial charge on any atom is -0.478 e. The number of likely N-dealkylation sites (tertiary alicyclic amines) is 1. The van der Waals surface area contributed by atoms with E-state index in [0.717, 1.165) is 68.5 Å². The first-order chi connectivity index (χ1) is 28.4. The van der Waals surface area contributed by atoms with Crippen molar-refractivity contribution in [1.82, 2.24) is 31.2 Å². The third-order valence-corrected chi connectivity index (χ3v) is 11.6. The Morgan fingerprint density at radius 2 is 1.50 bits per heavy atom. The van der Waals surface area contributed by atoms with Gasteiger partial charge in [0.25, 0.3) is 5.91 Å². The first-order valence-corrected chi connectivity index (χ1v) is 20.7. The molecular formula is C42H59N7O11. The number of carboxylic acids is 1. The molecule has 328 valence electrons. The number of aromatic nitrogens is 1. The topological polar surface area (TPSA) is 273 Å². The van der Waals surface area contributed by atoms with Gasteiger partial charge in [-0.05, 0) is 61.8 Å². The van der Waals surface area contributed by atoms with E-state index in [0.29, 0.717) is 12.8 Å². The number of nitrogens with one attached hydrogen (secondary N) is 4. The molecule has 2 aliphatic carbocycles.